The second-order valence-electron chi connectivity index (χ2n) is 7.42. The molecule has 0 aliphatic carbocycles. The molecule has 4 N–H and O–H groups in total. The maximum absolute atomic E-state index is 12.7. The van der Waals surface area contributed by atoms with Crippen molar-refractivity contribution in [1.29, 1.82) is 0 Å². The van der Waals surface area contributed by atoms with Crippen LogP contribution in [0.1, 0.15) is 53.0 Å². The van der Waals surface area contributed by atoms with Crippen LogP contribution in [-0.2, 0) is 16.1 Å². The first-order valence-electron chi connectivity index (χ1n) is 8.51. The minimum absolute atomic E-state index is 0.105. The Hall–Kier alpha value is -2.58. The Balaban J connectivity index is 1.77. The van der Waals surface area contributed by atoms with Crippen molar-refractivity contribution in [2.45, 2.75) is 44.8 Å². The van der Waals surface area contributed by atoms with E-state index >= 15 is 0 Å². The van der Waals surface area contributed by atoms with Gasteiger partial charge in [-0.3, -0.25) is 29.4 Å². The first-order valence-corrected chi connectivity index (χ1v) is 8.51. The van der Waals surface area contributed by atoms with Gasteiger partial charge in [-0.1, -0.05) is 6.07 Å². The van der Waals surface area contributed by atoms with E-state index in [9.17, 15) is 19.2 Å². The van der Waals surface area contributed by atoms with Crippen LogP contribution in [0.25, 0.3) is 0 Å². The van der Waals surface area contributed by atoms with E-state index < -0.39 is 23.8 Å². The molecule has 0 aromatic heterocycles. The van der Waals surface area contributed by atoms with Gasteiger partial charge < -0.3 is 11.1 Å². The third-order valence-electron chi connectivity index (χ3n) is 4.41. The summed E-state index contributed by atoms with van der Waals surface area (Å²) in [7, 11) is 0. The van der Waals surface area contributed by atoms with Crippen LogP contribution in [0.5, 0.6) is 0 Å². The fourth-order valence-electron chi connectivity index (χ4n) is 3.16. The van der Waals surface area contributed by atoms with E-state index in [1.54, 1.807) is 18.2 Å². The summed E-state index contributed by atoms with van der Waals surface area (Å²) in [5, 5.41) is 5.39. The van der Waals surface area contributed by atoms with Crippen molar-refractivity contribution in [1.82, 2.24) is 15.5 Å². The molecule has 2 aliphatic rings. The quantitative estimate of drug-likeness (QED) is 0.633. The molecule has 1 aromatic carbocycles. The molecule has 1 atom stereocenters. The number of carbonyl (C=O) groups excluding carboxylic acids is 4. The predicted octanol–water partition coefficient (Wildman–Crippen LogP) is -0.0853. The fourth-order valence-corrected chi connectivity index (χ4v) is 3.16. The molecule has 138 valence electrons. The number of rotatable bonds is 5. The van der Waals surface area contributed by atoms with Crippen LogP contribution in [0.2, 0.25) is 0 Å². The molecule has 3 rings (SSSR count). The van der Waals surface area contributed by atoms with Crippen molar-refractivity contribution in [2.24, 2.45) is 5.73 Å². The number of hydrogen-bond donors (Lipinski definition) is 3. The number of benzene rings is 1. The number of nitrogens with two attached hydrogens (primary N) is 1. The Morgan fingerprint density at radius 2 is 1.88 bits per heavy atom. The second kappa shape index (κ2) is 6.62. The summed E-state index contributed by atoms with van der Waals surface area (Å²) >= 11 is 0. The smallest absolute Gasteiger partial charge is 0.262 e. The molecule has 8 nitrogen and oxygen atoms in total. The summed E-state index contributed by atoms with van der Waals surface area (Å²) in [6.07, 6.45) is 0.254. The van der Waals surface area contributed by atoms with Gasteiger partial charge in [-0.15, -0.1) is 0 Å². The highest BCUT2D eigenvalue weighted by Crippen LogP contribution is 2.28. The second-order valence-corrected chi connectivity index (χ2v) is 7.42. The zero-order valence-electron chi connectivity index (χ0n) is 14.8. The summed E-state index contributed by atoms with van der Waals surface area (Å²) in [6.45, 7) is 4.92. The molecule has 0 spiro atoms. The van der Waals surface area contributed by atoms with Gasteiger partial charge in [0.1, 0.15) is 6.04 Å². The van der Waals surface area contributed by atoms with Crippen LogP contribution < -0.4 is 16.4 Å². The number of nitrogens with one attached hydrogen (secondary N) is 2. The van der Waals surface area contributed by atoms with Crippen LogP contribution in [0, 0.1) is 0 Å². The monoisotopic (exact) mass is 358 g/mol. The highest BCUT2D eigenvalue weighted by atomic mass is 16.2. The number of hydrogen-bond acceptors (Lipinski definition) is 6. The molecule has 0 bridgehead atoms. The van der Waals surface area contributed by atoms with Crippen molar-refractivity contribution in [2.75, 3.05) is 6.54 Å². The first-order chi connectivity index (χ1) is 12.2. The largest absolute Gasteiger partial charge is 0.324 e. The van der Waals surface area contributed by atoms with E-state index in [4.69, 9.17) is 5.73 Å². The van der Waals surface area contributed by atoms with Crippen LogP contribution in [0.3, 0.4) is 0 Å². The summed E-state index contributed by atoms with van der Waals surface area (Å²) < 4.78 is 0. The maximum Gasteiger partial charge on any atom is 0.262 e. The minimum atomic E-state index is -0.945. The van der Waals surface area contributed by atoms with E-state index in [2.05, 4.69) is 10.6 Å². The van der Waals surface area contributed by atoms with Gasteiger partial charge in [0, 0.05) is 25.0 Å². The van der Waals surface area contributed by atoms with Crippen molar-refractivity contribution in [3.05, 3.63) is 34.9 Å². The lowest BCUT2D eigenvalue weighted by Crippen LogP contribution is -2.54. The van der Waals surface area contributed by atoms with E-state index in [-0.39, 0.29) is 35.4 Å². The molecular formula is C18H22N4O4. The van der Waals surface area contributed by atoms with E-state index in [1.807, 2.05) is 13.8 Å². The van der Waals surface area contributed by atoms with Crippen LogP contribution in [-0.4, -0.2) is 46.7 Å². The number of piperidine rings is 1. The molecule has 2 aliphatic heterocycles. The van der Waals surface area contributed by atoms with Gasteiger partial charge in [0.2, 0.25) is 11.8 Å². The van der Waals surface area contributed by atoms with Gasteiger partial charge in [-0.25, -0.2) is 0 Å². The topological polar surface area (TPSA) is 122 Å². The zero-order chi connectivity index (χ0) is 19.1. The Bertz CT molecular complexity index is 797. The lowest BCUT2D eigenvalue weighted by Gasteiger charge is -2.27. The average molecular weight is 358 g/mol. The van der Waals surface area contributed by atoms with Gasteiger partial charge in [-0.2, -0.15) is 0 Å². The molecule has 4 amide bonds. The Kier molecular flexibility index (Phi) is 4.64. The lowest BCUT2D eigenvalue weighted by molar-refractivity contribution is -0.136. The molecule has 0 radical (unpaired) electrons. The molecule has 1 saturated heterocycles. The van der Waals surface area contributed by atoms with Gasteiger partial charge in [0.15, 0.2) is 0 Å². The van der Waals surface area contributed by atoms with E-state index in [1.165, 1.54) is 0 Å². The Labute approximate surface area is 151 Å². The van der Waals surface area contributed by atoms with E-state index in [0.29, 0.717) is 13.1 Å². The average Bonchev–Trinajstić information content (AvgIpc) is 2.78. The predicted molar refractivity (Wildman–Crippen MR) is 93.1 cm³/mol. The zero-order valence-corrected chi connectivity index (χ0v) is 14.8. The first kappa shape index (κ1) is 18.2. The molecule has 1 fully saturated rings. The van der Waals surface area contributed by atoms with Crippen molar-refractivity contribution < 1.29 is 19.2 Å². The van der Waals surface area contributed by atoms with Crippen LogP contribution in [0.4, 0.5) is 0 Å². The van der Waals surface area contributed by atoms with Crippen LogP contribution >= 0.6 is 0 Å². The van der Waals surface area contributed by atoms with Gasteiger partial charge in [0.25, 0.3) is 11.8 Å². The molecule has 1 aromatic rings. The SMILES string of the molecule is CC(C)(N)CNCc1ccc2c(c1)C(=O)N(C1CCC(=O)NC1=O)C2=O. The lowest BCUT2D eigenvalue weighted by atomic mass is 10.0. The Morgan fingerprint density at radius 1 is 1.19 bits per heavy atom. The Morgan fingerprint density at radius 3 is 2.54 bits per heavy atom. The number of carbonyl (C=O) groups is 4. The standard InChI is InChI=1S/C18H22N4O4/c1-18(2,19)9-20-8-10-3-4-11-12(7-10)17(26)22(16(11)25)13-5-6-14(23)21-15(13)24/h3-4,7,13,20H,5-6,8-9,19H2,1-2H3,(H,21,23,24). The normalized spacial score (nSPS) is 20.4. The third-order valence-corrected chi connectivity index (χ3v) is 4.41. The van der Waals surface area contributed by atoms with Crippen molar-refractivity contribution >= 4 is 23.6 Å². The fraction of sp³-hybridized carbons (Fsp3) is 0.444. The van der Waals surface area contributed by atoms with Gasteiger partial charge in [0.05, 0.1) is 11.1 Å². The van der Waals surface area contributed by atoms with Crippen molar-refractivity contribution in [3.63, 3.8) is 0 Å². The number of imide groups is 2. The van der Waals surface area contributed by atoms with Gasteiger partial charge >= 0.3 is 0 Å². The highest BCUT2D eigenvalue weighted by Gasteiger charge is 2.44. The summed E-state index contributed by atoms with van der Waals surface area (Å²) in [5.41, 5.74) is 6.98. The van der Waals surface area contributed by atoms with Crippen molar-refractivity contribution in [3.8, 4) is 0 Å². The molecule has 2 heterocycles. The van der Waals surface area contributed by atoms with E-state index in [0.717, 1.165) is 10.5 Å². The molecule has 0 saturated carbocycles. The molecular weight excluding hydrogens is 336 g/mol. The number of amides is 4. The third kappa shape index (κ3) is 3.51. The summed E-state index contributed by atoms with van der Waals surface area (Å²) in [6, 6.07) is 4.10. The number of fused-ring (bicyclic) bond motifs is 1. The van der Waals surface area contributed by atoms with Gasteiger partial charge in [-0.05, 0) is 38.0 Å². The molecule has 1 unspecified atom stereocenters. The summed E-state index contributed by atoms with van der Waals surface area (Å²) in [5.74, 6) is -2.00. The maximum atomic E-state index is 12.7. The summed E-state index contributed by atoms with van der Waals surface area (Å²) in [4.78, 5) is 49.6. The highest BCUT2D eigenvalue weighted by molar-refractivity contribution is 6.23. The molecule has 8 heteroatoms. The molecule has 26 heavy (non-hydrogen) atoms. The minimum Gasteiger partial charge on any atom is -0.324 e. The van der Waals surface area contributed by atoms with Crippen LogP contribution in [0.15, 0.2) is 18.2 Å². The number of nitrogens with zero attached hydrogens (tertiary/aromatic N) is 1.